The molecule has 1 saturated heterocycles. The van der Waals surface area contributed by atoms with Gasteiger partial charge in [-0.15, -0.1) is 10.2 Å². The summed E-state index contributed by atoms with van der Waals surface area (Å²) in [6, 6.07) is 12.0. The number of carbonyl (C=O) groups is 1. The van der Waals surface area contributed by atoms with Gasteiger partial charge < -0.3 is 14.8 Å². The van der Waals surface area contributed by atoms with Gasteiger partial charge in [-0.2, -0.15) is 0 Å². The van der Waals surface area contributed by atoms with Crippen molar-refractivity contribution >= 4 is 11.6 Å². The Morgan fingerprint density at radius 3 is 2.39 bits per heavy atom. The minimum Gasteiger partial charge on any atom is -0.368 e. The van der Waals surface area contributed by atoms with E-state index >= 15 is 0 Å². The minimum absolute atomic E-state index is 0.0610. The molecule has 4 rings (SSSR count). The maximum atomic E-state index is 13.4. The number of benzene rings is 2. The summed E-state index contributed by atoms with van der Waals surface area (Å²) < 4.78 is 26.4. The zero-order valence-corrected chi connectivity index (χ0v) is 16.7. The van der Waals surface area contributed by atoms with Crippen molar-refractivity contribution in [3.63, 3.8) is 0 Å². The number of hydrogen-bond donors (Lipinski definition) is 1. The van der Waals surface area contributed by atoms with Crippen molar-refractivity contribution in [1.29, 1.82) is 0 Å². The van der Waals surface area contributed by atoms with Crippen LogP contribution in [-0.2, 0) is 11.2 Å². The number of carbonyl (C=O) groups excluding carboxylic acids is 1. The summed E-state index contributed by atoms with van der Waals surface area (Å²) in [4.78, 5) is 31.3. The molecular formula is C22H21F2N5O2. The number of halogens is 2. The van der Waals surface area contributed by atoms with E-state index in [-0.39, 0.29) is 36.1 Å². The van der Waals surface area contributed by atoms with Crippen LogP contribution in [0.2, 0.25) is 0 Å². The van der Waals surface area contributed by atoms with Crippen LogP contribution >= 0.6 is 0 Å². The molecule has 1 aliphatic rings. The molecule has 1 N–H and O–H groups in total. The second-order valence-electron chi connectivity index (χ2n) is 7.30. The molecule has 1 aliphatic heterocycles. The third-order valence-corrected chi connectivity index (χ3v) is 5.26. The molecule has 1 fully saturated rings. The van der Waals surface area contributed by atoms with E-state index < -0.39 is 11.4 Å². The molecule has 2 aromatic carbocycles. The van der Waals surface area contributed by atoms with Crippen molar-refractivity contribution in [3.05, 3.63) is 76.2 Å². The van der Waals surface area contributed by atoms with Gasteiger partial charge in [0.05, 0.1) is 0 Å². The lowest BCUT2D eigenvalue weighted by molar-refractivity contribution is -0.131. The van der Waals surface area contributed by atoms with E-state index in [9.17, 15) is 18.4 Å². The van der Waals surface area contributed by atoms with Gasteiger partial charge in [-0.3, -0.25) is 9.59 Å². The first kappa shape index (κ1) is 20.6. The topological polar surface area (TPSA) is 82.2 Å². The Bertz CT molecular complexity index is 1130. The lowest BCUT2D eigenvalue weighted by atomic mass is 10.2. The number of aryl methyl sites for hydroxylation is 1. The monoisotopic (exact) mass is 425 g/mol. The Hall–Kier alpha value is -3.62. The minimum atomic E-state index is -0.441. The van der Waals surface area contributed by atoms with Gasteiger partial charge in [0.25, 0.3) is 5.56 Å². The molecule has 0 aliphatic carbocycles. The summed E-state index contributed by atoms with van der Waals surface area (Å²) in [5, 5.41) is 7.89. The fraction of sp³-hybridized carbons (Fsp3) is 0.273. The fourth-order valence-electron chi connectivity index (χ4n) is 3.54. The zero-order chi connectivity index (χ0) is 21.8. The van der Waals surface area contributed by atoms with Crippen LogP contribution in [-0.4, -0.2) is 52.2 Å². The maximum absolute atomic E-state index is 13.4. The standard InChI is InChI=1S/C22H21F2N5O2/c23-16-4-6-18(7-5-16)28-10-12-29(13-11-28)20(30)9-8-19-22(31)25-21(27-26-19)15-2-1-3-17(24)14-15/h1-7,14H,8-13H2,(H,25,27,31). The number of nitrogens with one attached hydrogen (secondary N) is 1. The van der Waals surface area contributed by atoms with Gasteiger partial charge in [-0.05, 0) is 36.4 Å². The number of piperazine rings is 1. The SMILES string of the molecule is O=C(CCc1nnc(-c2cccc(F)c2)[nH]c1=O)N1CCN(c2ccc(F)cc2)CC1. The Morgan fingerprint density at radius 2 is 1.71 bits per heavy atom. The summed E-state index contributed by atoms with van der Waals surface area (Å²) in [6.07, 6.45) is 0.316. The van der Waals surface area contributed by atoms with Gasteiger partial charge in [-0.25, -0.2) is 8.78 Å². The quantitative estimate of drug-likeness (QED) is 0.679. The average molecular weight is 425 g/mol. The number of anilines is 1. The summed E-state index contributed by atoms with van der Waals surface area (Å²) in [6.45, 7) is 2.41. The lowest BCUT2D eigenvalue weighted by Crippen LogP contribution is -2.48. The molecule has 2 heterocycles. The van der Waals surface area contributed by atoms with Gasteiger partial charge >= 0.3 is 0 Å². The normalized spacial score (nSPS) is 14.0. The lowest BCUT2D eigenvalue weighted by Gasteiger charge is -2.36. The van der Waals surface area contributed by atoms with E-state index in [2.05, 4.69) is 20.1 Å². The Kier molecular flexibility index (Phi) is 6.01. The van der Waals surface area contributed by atoms with E-state index in [1.54, 1.807) is 23.1 Å². The number of hydrogen-bond acceptors (Lipinski definition) is 5. The first-order chi connectivity index (χ1) is 15.0. The zero-order valence-electron chi connectivity index (χ0n) is 16.7. The van der Waals surface area contributed by atoms with Crippen LogP contribution in [0.3, 0.4) is 0 Å². The molecule has 3 aromatic rings. The molecule has 0 bridgehead atoms. The highest BCUT2D eigenvalue weighted by Gasteiger charge is 2.21. The first-order valence-electron chi connectivity index (χ1n) is 10.00. The Balaban J connectivity index is 1.32. The number of rotatable bonds is 5. The molecule has 0 unspecified atom stereocenters. The van der Waals surface area contributed by atoms with Crippen LogP contribution in [0.15, 0.2) is 53.3 Å². The van der Waals surface area contributed by atoms with Crippen LogP contribution in [0, 0.1) is 11.6 Å². The molecular weight excluding hydrogens is 404 g/mol. The van der Waals surface area contributed by atoms with Crippen molar-refractivity contribution in [2.45, 2.75) is 12.8 Å². The summed E-state index contributed by atoms with van der Waals surface area (Å²) in [5.74, 6) is -0.598. The van der Waals surface area contributed by atoms with Gasteiger partial charge in [0.15, 0.2) is 5.82 Å². The smallest absolute Gasteiger partial charge is 0.273 e. The molecule has 1 amide bonds. The molecule has 0 saturated carbocycles. The Morgan fingerprint density at radius 1 is 0.968 bits per heavy atom. The van der Waals surface area contributed by atoms with Crippen molar-refractivity contribution in [2.75, 3.05) is 31.1 Å². The summed E-state index contributed by atoms with van der Waals surface area (Å²) in [7, 11) is 0. The first-order valence-corrected chi connectivity index (χ1v) is 10.00. The van der Waals surface area contributed by atoms with E-state index in [0.29, 0.717) is 31.7 Å². The molecule has 160 valence electrons. The molecule has 1 aromatic heterocycles. The predicted molar refractivity (Wildman–Crippen MR) is 112 cm³/mol. The van der Waals surface area contributed by atoms with Crippen LogP contribution in [0.25, 0.3) is 11.4 Å². The average Bonchev–Trinajstić information content (AvgIpc) is 2.78. The van der Waals surface area contributed by atoms with Crippen LogP contribution in [0.1, 0.15) is 12.1 Å². The number of aromatic nitrogens is 3. The summed E-state index contributed by atoms with van der Waals surface area (Å²) in [5.41, 5.74) is 1.07. The van der Waals surface area contributed by atoms with Gasteiger partial charge in [-0.1, -0.05) is 12.1 Å². The molecule has 9 heteroatoms. The van der Waals surface area contributed by atoms with Gasteiger partial charge in [0, 0.05) is 50.3 Å². The third-order valence-electron chi connectivity index (χ3n) is 5.26. The van der Waals surface area contributed by atoms with E-state index in [0.717, 1.165) is 5.69 Å². The van der Waals surface area contributed by atoms with Crippen LogP contribution < -0.4 is 10.5 Å². The number of H-pyrrole nitrogens is 1. The second kappa shape index (κ2) is 9.03. The van der Waals surface area contributed by atoms with Crippen LogP contribution in [0.4, 0.5) is 14.5 Å². The van der Waals surface area contributed by atoms with Gasteiger partial charge in [0.1, 0.15) is 17.3 Å². The number of aromatic amines is 1. The van der Waals surface area contributed by atoms with E-state index in [1.807, 2.05) is 0 Å². The van der Waals surface area contributed by atoms with E-state index in [4.69, 9.17) is 0 Å². The van der Waals surface area contributed by atoms with Crippen molar-refractivity contribution in [1.82, 2.24) is 20.1 Å². The van der Waals surface area contributed by atoms with Crippen molar-refractivity contribution < 1.29 is 13.6 Å². The molecule has 0 radical (unpaired) electrons. The van der Waals surface area contributed by atoms with Crippen molar-refractivity contribution in [3.8, 4) is 11.4 Å². The third kappa shape index (κ3) is 4.93. The number of amides is 1. The predicted octanol–water partition coefficient (Wildman–Crippen LogP) is 2.39. The van der Waals surface area contributed by atoms with E-state index in [1.165, 1.54) is 30.3 Å². The van der Waals surface area contributed by atoms with Gasteiger partial charge in [0.2, 0.25) is 5.91 Å². The van der Waals surface area contributed by atoms with Crippen LogP contribution in [0.5, 0.6) is 0 Å². The molecule has 0 atom stereocenters. The highest BCUT2D eigenvalue weighted by Crippen LogP contribution is 2.17. The number of nitrogens with zero attached hydrogens (tertiary/aromatic N) is 4. The highest BCUT2D eigenvalue weighted by atomic mass is 19.1. The highest BCUT2D eigenvalue weighted by molar-refractivity contribution is 5.76. The largest absolute Gasteiger partial charge is 0.368 e. The molecule has 0 spiro atoms. The molecule has 31 heavy (non-hydrogen) atoms. The maximum Gasteiger partial charge on any atom is 0.273 e. The van der Waals surface area contributed by atoms with Crippen molar-refractivity contribution in [2.24, 2.45) is 0 Å². The Labute approximate surface area is 177 Å². The molecule has 7 nitrogen and oxygen atoms in total. The fourth-order valence-corrected chi connectivity index (χ4v) is 3.54. The second-order valence-corrected chi connectivity index (χ2v) is 7.30. The summed E-state index contributed by atoms with van der Waals surface area (Å²) >= 11 is 0.